The van der Waals surface area contributed by atoms with Gasteiger partial charge in [-0.25, -0.2) is 0 Å². The smallest absolute Gasteiger partial charge is 0.265 e. The molecule has 0 spiro atoms. The van der Waals surface area contributed by atoms with Crippen LogP contribution >= 0.6 is 11.3 Å². The van der Waals surface area contributed by atoms with Crippen molar-refractivity contribution in [2.24, 2.45) is 5.92 Å². The number of nitrogens with one attached hydrogen (secondary N) is 2. The lowest BCUT2D eigenvalue weighted by molar-refractivity contribution is 0.103. The highest BCUT2D eigenvalue weighted by atomic mass is 32.1. The van der Waals surface area contributed by atoms with Crippen LogP contribution in [0.4, 0.5) is 5.69 Å². The SMILES string of the molecule is Cc1cc2cc(NC(=O)c3cc4c(C)nn(CC(C)C)c4s3)ccc2[nH]1. The molecule has 0 aliphatic rings. The van der Waals surface area contributed by atoms with Crippen LogP contribution in [0, 0.1) is 19.8 Å². The molecule has 26 heavy (non-hydrogen) atoms. The first kappa shape index (κ1) is 16.8. The second-order valence-corrected chi connectivity index (χ2v) is 8.23. The van der Waals surface area contributed by atoms with E-state index in [2.05, 4.69) is 35.3 Å². The van der Waals surface area contributed by atoms with Crippen molar-refractivity contribution in [3.63, 3.8) is 0 Å². The summed E-state index contributed by atoms with van der Waals surface area (Å²) in [6.07, 6.45) is 0. The molecule has 6 heteroatoms. The minimum absolute atomic E-state index is 0.0756. The average Bonchev–Trinajstić information content (AvgIpc) is 3.22. The van der Waals surface area contributed by atoms with Gasteiger partial charge in [0, 0.05) is 34.2 Å². The highest BCUT2D eigenvalue weighted by molar-refractivity contribution is 7.20. The van der Waals surface area contributed by atoms with Crippen molar-refractivity contribution in [3.05, 3.63) is 46.6 Å². The molecule has 0 saturated heterocycles. The number of carbonyl (C=O) groups excluding carboxylic acids is 1. The zero-order valence-corrected chi connectivity index (χ0v) is 16.2. The van der Waals surface area contributed by atoms with Crippen LogP contribution in [0.15, 0.2) is 30.3 Å². The van der Waals surface area contributed by atoms with Gasteiger partial charge >= 0.3 is 0 Å². The average molecular weight is 366 g/mol. The molecular weight excluding hydrogens is 344 g/mol. The molecule has 4 rings (SSSR count). The highest BCUT2D eigenvalue weighted by Gasteiger charge is 2.17. The van der Waals surface area contributed by atoms with Crippen LogP contribution < -0.4 is 5.32 Å². The Morgan fingerprint density at radius 1 is 1.27 bits per heavy atom. The van der Waals surface area contributed by atoms with Gasteiger partial charge in [0.15, 0.2) is 0 Å². The standard InChI is InChI=1S/C20H22N4OS/c1-11(2)10-24-20-16(13(4)23-24)9-18(26-20)19(25)22-15-5-6-17-14(8-15)7-12(3)21-17/h5-9,11,21H,10H2,1-4H3,(H,22,25). The lowest BCUT2D eigenvalue weighted by atomic mass is 10.2. The number of anilines is 1. The first-order valence-corrected chi connectivity index (χ1v) is 9.60. The first-order valence-electron chi connectivity index (χ1n) is 8.78. The molecule has 0 unspecified atom stereocenters. The van der Waals surface area contributed by atoms with Gasteiger partial charge < -0.3 is 10.3 Å². The molecule has 0 fully saturated rings. The summed E-state index contributed by atoms with van der Waals surface area (Å²) in [4.78, 5) is 17.8. The molecule has 5 nitrogen and oxygen atoms in total. The molecule has 134 valence electrons. The number of benzene rings is 1. The van der Waals surface area contributed by atoms with Crippen LogP contribution in [0.3, 0.4) is 0 Å². The maximum Gasteiger partial charge on any atom is 0.265 e. The third-order valence-electron chi connectivity index (χ3n) is 4.38. The van der Waals surface area contributed by atoms with Gasteiger partial charge in [-0.1, -0.05) is 13.8 Å². The Hall–Kier alpha value is -2.60. The topological polar surface area (TPSA) is 62.7 Å². The van der Waals surface area contributed by atoms with Crippen LogP contribution in [-0.2, 0) is 6.54 Å². The van der Waals surface area contributed by atoms with Gasteiger partial charge in [-0.3, -0.25) is 9.48 Å². The monoisotopic (exact) mass is 366 g/mol. The first-order chi connectivity index (χ1) is 12.4. The van der Waals surface area contributed by atoms with E-state index >= 15 is 0 Å². The second kappa shape index (κ2) is 6.29. The maximum atomic E-state index is 12.7. The molecule has 0 radical (unpaired) electrons. The number of H-pyrrole nitrogens is 1. The van der Waals surface area contributed by atoms with Gasteiger partial charge in [-0.05, 0) is 50.1 Å². The summed E-state index contributed by atoms with van der Waals surface area (Å²) in [7, 11) is 0. The minimum Gasteiger partial charge on any atom is -0.359 e. The normalized spacial score (nSPS) is 11.7. The van der Waals surface area contributed by atoms with E-state index in [-0.39, 0.29) is 5.91 Å². The largest absolute Gasteiger partial charge is 0.359 e. The number of carbonyl (C=O) groups is 1. The molecule has 0 bridgehead atoms. The van der Waals surface area contributed by atoms with Crippen LogP contribution in [0.2, 0.25) is 0 Å². The van der Waals surface area contributed by atoms with E-state index in [9.17, 15) is 4.79 Å². The predicted molar refractivity (Wildman–Crippen MR) is 108 cm³/mol. The number of aryl methyl sites for hydroxylation is 2. The zero-order chi connectivity index (χ0) is 18.4. The Labute approximate surface area is 156 Å². The molecule has 4 aromatic rings. The molecule has 3 aromatic heterocycles. The lowest BCUT2D eigenvalue weighted by Crippen LogP contribution is -2.10. The van der Waals surface area contributed by atoms with Crippen molar-refractivity contribution in [1.82, 2.24) is 14.8 Å². The van der Waals surface area contributed by atoms with Crippen LogP contribution in [-0.4, -0.2) is 20.7 Å². The summed E-state index contributed by atoms with van der Waals surface area (Å²) in [5.41, 5.74) is 3.96. The Kier molecular flexibility index (Phi) is 4.07. The Morgan fingerprint density at radius 3 is 2.85 bits per heavy atom. The van der Waals surface area contributed by atoms with Crippen molar-refractivity contribution in [1.29, 1.82) is 0 Å². The van der Waals surface area contributed by atoms with E-state index in [1.165, 1.54) is 11.3 Å². The van der Waals surface area contributed by atoms with E-state index in [1.807, 2.05) is 42.8 Å². The summed E-state index contributed by atoms with van der Waals surface area (Å²) in [6, 6.07) is 9.94. The third kappa shape index (κ3) is 3.01. The van der Waals surface area contributed by atoms with Crippen molar-refractivity contribution in [2.75, 3.05) is 5.32 Å². The van der Waals surface area contributed by atoms with Gasteiger partial charge in [0.1, 0.15) is 4.83 Å². The molecule has 0 atom stereocenters. The number of fused-ring (bicyclic) bond motifs is 2. The lowest BCUT2D eigenvalue weighted by Gasteiger charge is -2.05. The number of nitrogens with zero attached hydrogens (tertiary/aromatic N) is 2. The second-order valence-electron chi connectivity index (χ2n) is 7.20. The highest BCUT2D eigenvalue weighted by Crippen LogP contribution is 2.30. The fourth-order valence-electron chi connectivity index (χ4n) is 3.24. The van der Waals surface area contributed by atoms with Gasteiger partial charge in [0.25, 0.3) is 5.91 Å². The van der Waals surface area contributed by atoms with Crippen molar-refractivity contribution in [3.8, 4) is 0 Å². The van der Waals surface area contributed by atoms with E-state index in [1.54, 1.807) is 0 Å². The summed E-state index contributed by atoms with van der Waals surface area (Å²) >= 11 is 1.50. The quantitative estimate of drug-likeness (QED) is 0.527. The molecule has 0 aliphatic heterocycles. The molecule has 0 aliphatic carbocycles. The predicted octanol–water partition coefficient (Wildman–Crippen LogP) is 5.10. The fraction of sp³-hybridized carbons (Fsp3) is 0.300. The molecular formula is C20H22N4OS. The number of amides is 1. The summed E-state index contributed by atoms with van der Waals surface area (Å²) in [6.45, 7) is 9.22. The summed E-state index contributed by atoms with van der Waals surface area (Å²) in [5, 5.41) is 9.79. The van der Waals surface area contributed by atoms with Crippen LogP contribution in [0.25, 0.3) is 21.1 Å². The molecule has 0 saturated carbocycles. The zero-order valence-electron chi connectivity index (χ0n) is 15.4. The van der Waals surface area contributed by atoms with Crippen molar-refractivity contribution < 1.29 is 4.79 Å². The number of thiophene rings is 1. The molecule has 1 aromatic carbocycles. The van der Waals surface area contributed by atoms with Crippen LogP contribution in [0.5, 0.6) is 0 Å². The number of hydrogen-bond donors (Lipinski definition) is 2. The molecule has 1 amide bonds. The number of aromatic amines is 1. The molecule has 3 heterocycles. The van der Waals surface area contributed by atoms with Crippen LogP contribution in [0.1, 0.15) is 34.9 Å². The Bertz CT molecular complexity index is 1120. The fourth-order valence-corrected chi connectivity index (χ4v) is 4.31. The van der Waals surface area contributed by atoms with Crippen molar-refractivity contribution >= 4 is 44.1 Å². The Morgan fingerprint density at radius 2 is 2.08 bits per heavy atom. The molecule has 2 N–H and O–H groups in total. The number of aromatic nitrogens is 3. The Balaban J connectivity index is 1.62. The minimum atomic E-state index is -0.0756. The summed E-state index contributed by atoms with van der Waals surface area (Å²) < 4.78 is 2.02. The van der Waals surface area contributed by atoms with Gasteiger partial charge in [0.2, 0.25) is 0 Å². The van der Waals surface area contributed by atoms with E-state index in [0.29, 0.717) is 10.8 Å². The van der Waals surface area contributed by atoms with E-state index < -0.39 is 0 Å². The van der Waals surface area contributed by atoms with E-state index in [0.717, 1.165) is 44.7 Å². The van der Waals surface area contributed by atoms with Gasteiger partial charge in [0.05, 0.1) is 10.6 Å². The van der Waals surface area contributed by atoms with Gasteiger partial charge in [-0.2, -0.15) is 5.10 Å². The maximum absolute atomic E-state index is 12.7. The summed E-state index contributed by atoms with van der Waals surface area (Å²) in [5.74, 6) is 0.432. The van der Waals surface area contributed by atoms with Gasteiger partial charge in [-0.15, -0.1) is 11.3 Å². The number of hydrogen-bond acceptors (Lipinski definition) is 3. The number of rotatable bonds is 4. The van der Waals surface area contributed by atoms with Crippen molar-refractivity contribution in [2.45, 2.75) is 34.2 Å². The van der Waals surface area contributed by atoms with E-state index in [4.69, 9.17) is 0 Å². The third-order valence-corrected chi connectivity index (χ3v) is 5.53.